The van der Waals surface area contributed by atoms with E-state index in [2.05, 4.69) is 11.4 Å². The molecule has 1 unspecified atom stereocenters. The van der Waals surface area contributed by atoms with E-state index in [1.165, 1.54) is 70.6 Å². The summed E-state index contributed by atoms with van der Waals surface area (Å²) in [5, 5.41) is 9.41. The van der Waals surface area contributed by atoms with E-state index in [1.807, 2.05) is 0 Å². The number of aliphatic hydroxyl groups is 1. The minimum absolute atomic E-state index is 0.296. The average Bonchev–Trinajstić information content (AvgIpc) is 2.64. The standard InChI is InChI=1S/C20H41O7P/c1-2-3-4-5-6-7-8-9-10-11-12-13-14-15-16-20(22)26-17-19(21)18-27-28(23,24)25/h19,21H,2-18H2,1H3,(H2,23,24,25). The van der Waals surface area contributed by atoms with Crippen LogP contribution >= 0.6 is 7.82 Å². The molecular formula is C20H41O7P. The van der Waals surface area contributed by atoms with E-state index in [9.17, 15) is 14.5 Å². The fraction of sp³-hybridized carbons (Fsp3) is 0.950. The predicted molar refractivity (Wildman–Crippen MR) is 110 cm³/mol. The number of esters is 1. The van der Waals surface area contributed by atoms with E-state index in [-0.39, 0.29) is 6.61 Å². The van der Waals surface area contributed by atoms with Gasteiger partial charge in [-0.1, -0.05) is 90.4 Å². The van der Waals surface area contributed by atoms with Crippen molar-refractivity contribution in [1.82, 2.24) is 0 Å². The Labute approximate surface area is 170 Å². The average molecular weight is 425 g/mol. The second-order valence-electron chi connectivity index (χ2n) is 7.47. The first-order valence-electron chi connectivity index (χ1n) is 10.9. The third kappa shape index (κ3) is 21.8. The van der Waals surface area contributed by atoms with Crippen LogP contribution in [0.2, 0.25) is 0 Å². The van der Waals surface area contributed by atoms with E-state index in [0.717, 1.165) is 19.3 Å². The van der Waals surface area contributed by atoms with Gasteiger partial charge in [-0.2, -0.15) is 0 Å². The van der Waals surface area contributed by atoms with Crippen molar-refractivity contribution in [3.8, 4) is 0 Å². The number of hydrogen-bond donors (Lipinski definition) is 3. The zero-order valence-electron chi connectivity index (χ0n) is 17.5. The van der Waals surface area contributed by atoms with E-state index >= 15 is 0 Å². The lowest BCUT2D eigenvalue weighted by atomic mass is 10.0. The van der Waals surface area contributed by atoms with Gasteiger partial charge in [-0.05, 0) is 6.42 Å². The molecule has 0 aromatic carbocycles. The normalized spacial score (nSPS) is 12.9. The molecule has 0 radical (unpaired) electrons. The number of unbranched alkanes of at least 4 members (excludes halogenated alkanes) is 13. The van der Waals surface area contributed by atoms with Gasteiger partial charge in [-0.15, -0.1) is 0 Å². The molecule has 0 amide bonds. The van der Waals surface area contributed by atoms with Crippen molar-refractivity contribution >= 4 is 13.8 Å². The number of hydrogen-bond acceptors (Lipinski definition) is 5. The van der Waals surface area contributed by atoms with Gasteiger partial charge in [0.05, 0.1) is 6.61 Å². The molecule has 0 aliphatic carbocycles. The SMILES string of the molecule is CCCCCCCCCCCCCCCCC(=O)OCC(O)COP(=O)(O)O. The maximum Gasteiger partial charge on any atom is 0.469 e. The van der Waals surface area contributed by atoms with Crippen LogP contribution < -0.4 is 0 Å². The first-order chi connectivity index (χ1) is 13.3. The van der Waals surface area contributed by atoms with E-state index < -0.39 is 26.5 Å². The Morgan fingerprint density at radius 1 is 0.786 bits per heavy atom. The van der Waals surface area contributed by atoms with Crippen LogP contribution in [0.15, 0.2) is 0 Å². The van der Waals surface area contributed by atoms with Crippen molar-refractivity contribution in [3.05, 3.63) is 0 Å². The summed E-state index contributed by atoms with van der Waals surface area (Å²) in [5.74, 6) is -0.408. The molecule has 1 atom stereocenters. The van der Waals surface area contributed by atoms with E-state index in [1.54, 1.807) is 0 Å². The summed E-state index contributed by atoms with van der Waals surface area (Å²) in [4.78, 5) is 28.6. The molecule has 0 aliphatic rings. The van der Waals surface area contributed by atoms with Crippen molar-refractivity contribution in [2.24, 2.45) is 0 Å². The molecule has 3 N–H and O–H groups in total. The first-order valence-corrected chi connectivity index (χ1v) is 12.4. The lowest BCUT2D eigenvalue weighted by molar-refractivity contribution is -0.147. The van der Waals surface area contributed by atoms with Crippen LogP contribution in [0.3, 0.4) is 0 Å². The molecule has 0 aromatic heterocycles. The van der Waals surface area contributed by atoms with Gasteiger partial charge >= 0.3 is 13.8 Å². The molecule has 0 heterocycles. The van der Waals surface area contributed by atoms with Gasteiger partial charge in [0.1, 0.15) is 12.7 Å². The topological polar surface area (TPSA) is 113 Å². The van der Waals surface area contributed by atoms with Crippen LogP contribution in [-0.2, 0) is 18.6 Å². The Bertz CT molecular complexity index is 411. The molecule has 0 rings (SSSR count). The minimum Gasteiger partial charge on any atom is -0.463 e. The summed E-state index contributed by atoms with van der Waals surface area (Å²) >= 11 is 0. The van der Waals surface area contributed by atoms with Crippen LogP contribution in [0.4, 0.5) is 0 Å². The second-order valence-corrected chi connectivity index (χ2v) is 8.71. The van der Waals surface area contributed by atoms with Gasteiger partial charge in [0, 0.05) is 6.42 Å². The monoisotopic (exact) mass is 424 g/mol. The minimum atomic E-state index is -4.61. The molecule has 168 valence electrons. The first kappa shape index (κ1) is 27.5. The Kier molecular flexibility index (Phi) is 18.3. The lowest BCUT2D eigenvalue weighted by Crippen LogP contribution is -2.23. The van der Waals surface area contributed by atoms with Crippen molar-refractivity contribution in [3.63, 3.8) is 0 Å². The number of phosphoric acid groups is 1. The van der Waals surface area contributed by atoms with Gasteiger partial charge in [0.15, 0.2) is 0 Å². The third-order valence-electron chi connectivity index (χ3n) is 4.61. The maximum absolute atomic E-state index is 11.5. The molecule has 8 heteroatoms. The van der Waals surface area contributed by atoms with Crippen LogP contribution in [0, 0.1) is 0 Å². The highest BCUT2D eigenvalue weighted by atomic mass is 31.2. The molecule has 0 aliphatic heterocycles. The number of rotatable bonds is 20. The van der Waals surface area contributed by atoms with Gasteiger partial charge in [0.2, 0.25) is 0 Å². The molecule has 0 aromatic rings. The van der Waals surface area contributed by atoms with Crippen LogP contribution in [0.1, 0.15) is 103 Å². The number of ether oxygens (including phenoxy) is 1. The zero-order chi connectivity index (χ0) is 21.1. The molecule has 0 saturated carbocycles. The van der Waals surface area contributed by atoms with Gasteiger partial charge < -0.3 is 19.6 Å². The summed E-state index contributed by atoms with van der Waals surface area (Å²) in [6.45, 7) is 1.35. The summed E-state index contributed by atoms with van der Waals surface area (Å²) < 4.78 is 19.5. The van der Waals surface area contributed by atoms with Crippen molar-refractivity contribution in [2.75, 3.05) is 13.2 Å². The highest BCUT2D eigenvalue weighted by Crippen LogP contribution is 2.35. The molecule has 0 fully saturated rings. The molecule has 0 bridgehead atoms. The Balaban J connectivity index is 3.31. The van der Waals surface area contributed by atoms with Gasteiger partial charge in [0.25, 0.3) is 0 Å². The number of phosphoric ester groups is 1. The number of carbonyl (C=O) groups excluding carboxylic acids is 1. The highest BCUT2D eigenvalue weighted by molar-refractivity contribution is 7.46. The Morgan fingerprint density at radius 2 is 1.21 bits per heavy atom. The fourth-order valence-corrected chi connectivity index (χ4v) is 3.32. The molecule has 0 spiro atoms. The smallest absolute Gasteiger partial charge is 0.463 e. The maximum atomic E-state index is 11.5. The third-order valence-corrected chi connectivity index (χ3v) is 5.09. The van der Waals surface area contributed by atoms with Crippen molar-refractivity contribution in [1.29, 1.82) is 0 Å². The van der Waals surface area contributed by atoms with E-state index in [0.29, 0.717) is 6.42 Å². The van der Waals surface area contributed by atoms with Crippen LogP contribution in [-0.4, -0.2) is 40.2 Å². The lowest BCUT2D eigenvalue weighted by Gasteiger charge is -2.12. The zero-order valence-corrected chi connectivity index (χ0v) is 18.4. The van der Waals surface area contributed by atoms with Crippen molar-refractivity contribution < 1.29 is 33.5 Å². The second kappa shape index (κ2) is 18.6. The summed E-state index contributed by atoms with van der Waals surface area (Å²) in [6, 6.07) is 0. The predicted octanol–water partition coefficient (Wildman–Crippen LogP) is 4.87. The van der Waals surface area contributed by atoms with Gasteiger partial charge in [-0.3, -0.25) is 9.32 Å². The number of aliphatic hydroxyl groups excluding tert-OH is 1. The molecule has 28 heavy (non-hydrogen) atoms. The van der Waals surface area contributed by atoms with E-state index in [4.69, 9.17) is 14.5 Å². The van der Waals surface area contributed by atoms with Crippen LogP contribution in [0.5, 0.6) is 0 Å². The molecule has 0 saturated heterocycles. The Morgan fingerprint density at radius 3 is 1.64 bits per heavy atom. The van der Waals surface area contributed by atoms with Crippen LogP contribution in [0.25, 0.3) is 0 Å². The summed E-state index contributed by atoms with van der Waals surface area (Å²) in [5.41, 5.74) is 0. The summed E-state index contributed by atoms with van der Waals surface area (Å²) in [7, 11) is -4.61. The Hall–Kier alpha value is -0.460. The van der Waals surface area contributed by atoms with Crippen molar-refractivity contribution in [2.45, 2.75) is 109 Å². The van der Waals surface area contributed by atoms with Gasteiger partial charge in [-0.25, -0.2) is 4.57 Å². The fourth-order valence-electron chi connectivity index (χ4n) is 2.96. The quantitative estimate of drug-likeness (QED) is 0.145. The largest absolute Gasteiger partial charge is 0.469 e. The molecule has 7 nitrogen and oxygen atoms in total. The molecular weight excluding hydrogens is 383 g/mol. The highest BCUT2D eigenvalue weighted by Gasteiger charge is 2.17. The summed E-state index contributed by atoms with van der Waals surface area (Å²) in [6.07, 6.45) is 16.5. The number of carbonyl (C=O) groups is 1.